The predicted octanol–water partition coefficient (Wildman–Crippen LogP) is 4.45. The van der Waals surface area contributed by atoms with Gasteiger partial charge < -0.3 is 14.6 Å². The average molecular weight is 358 g/mol. The fraction of sp³-hybridized carbons (Fsp3) is 0.167. The lowest BCUT2D eigenvalue weighted by Gasteiger charge is -2.33. The normalized spacial score (nSPS) is 20.0. The SMILES string of the molecule is CCOP1(=O)C=C(c2ccccc2)NC(=O)N1c1ccc(OC)cc1. The molecule has 7 heteroatoms. The lowest BCUT2D eigenvalue weighted by molar-refractivity contribution is 0.250. The maximum atomic E-state index is 13.4. The van der Waals surface area contributed by atoms with E-state index in [1.54, 1.807) is 38.3 Å². The van der Waals surface area contributed by atoms with Gasteiger partial charge in [0.15, 0.2) is 0 Å². The molecule has 25 heavy (non-hydrogen) atoms. The van der Waals surface area contributed by atoms with Gasteiger partial charge in [-0.3, -0.25) is 4.57 Å². The minimum Gasteiger partial charge on any atom is -0.497 e. The molecular weight excluding hydrogens is 339 g/mol. The van der Waals surface area contributed by atoms with E-state index < -0.39 is 13.6 Å². The van der Waals surface area contributed by atoms with Crippen LogP contribution in [0.2, 0.25) is 0 Å². The summed E-state index contributed by atoms with van der Waals surface area (Å²) in [6, 6.07) is 15.5. The van der Waals surface area contributed by atoms with E-state index in [9.17, 15) is 9.36 Å². The Bertz CT molecular complexity index is 834. The van der Waals surface area contributed by atoms with Gasteiger partial charge in [-0.25, -0.2) is 9.46 Å². The molecule has 1 heterocycles. The fourth-order valence-electron chi connectivity index (χ4n) is 2.59. The molecule has 0 bridgehead atoms. The molecule has 6 nitrogen and oxygen atoms in total. The standard InChI is InChI=1S/C18H19N2O4P/c1-3-24-25(22)13-17(14-7-5-4-6-8-14)19-18(21)20(25)15-9-11-16(23-2)12-10-15/h4-13H,3H2,1-2H3,(H,19,21). The molecule has 0 radical (unpaired) electrons. The van der Waals surface area contributed by atoms with Crippen molar-refractivity contribution in [2.75, 3.05) is 18.4 Å². The van der Waals surface area contributed by atoms with Gasteiger partial charge in [-0.1, -0.05) is 30.3 Å². The van der Waals surface area contributed by atoms with Crippen molar-refractivity contribution in [3.8, 4) is 5.75 Å². The maximum absolute atomic E-state index is 13.4. The highest BCUT2D eigenvalue weighted by Gasteiger charge is 2.40. The molecule has 2 amide bonds. The van der Waals surface area contributed by atoms with Crippen LogP contribution in [0.15, 0.2) is 60.4 Å². The van der Waals surface area contributed by atoms with Crippen LogP contribution >= 0.6 is 7.52 Å². The first-order valence-electron chi connectivity index (χ1n) is 7.85. The van der Waals surface area contributed by atoms with E-state index in [1.165, 1.54) is 10.5 Å². The number of nitrogens with one attached hydrogen (secondary N) is 1. The minimum atomic E-state index is -3.53. The molecule has 2 aromatic carbocycles. The number of methoxy groups -OCH3 is 1. The van der Waals surface area contributed by atoms with Gasteiger partial charge in [0.05, 0.1) is 25.1 Å². The van der Waals surface area contributed by atoms with Gasteiger partial charge in [0.2, 0.25) is 0 Å². The highest BCUT2D eigenvalue weighted by molar-refractivity contribution is 7.65. The van der Waals surface area contributed by atoms with Crippen molar-refractivity contribution in [3.63, 3.8) is 0 Å². The summed E-state index contributed by atoms with van der Waals surface area (Å²) in [5.41, 5.74) is 1.72. The van der Waals surface area contributed by atoms with E-state index in [2.05, 4.69) is 5.32 Å². The Balaban J connectivity index is 2.05. The quantitative estimate of drug-likeness (QED) is 0.802. The van der Waals surface area contributed by atoms with Crippen LogP contribution in [0.4, 0.5) is 10.5 Å². The van der Waals surface area contributed by atoms with E-state index in [1.807, 2.05) is 30.3 Å². The summed E-state index contributed by atoms with van der Waals surface area (Å²) in [6.45, 7) is 1.96. The Morgan fingerprint density at radius 3 is 2.36 bits per heavy atom. The first kappa shape index (κ1) is 17.3. The van der Waals surface area contributed by atoms with Crippen molar-refractivity contribution >= 4 is 24.9 Å². The summed E-state index contributed by atoms with van der Waals surface area (Å²) in [5, 5.41) is 2.79. The van der Waals surface area contributed by atoms with Gasteiger partial charge in [-0.15, -0.1) is 0 Å². The molecule has 0 aliphatic carbocycles. The lowest BCUT2D eigenvalue weighted by Crippen LogP contribution is -2.40. The van der Waals surface area contributed by atoms with E-state index in [4.69, 9.17) is 9.26 Å². The highest BCUT2D eigenvalue weighted by atomic mass is 31.2. The van der Waals surface area contributed by atoms with Gasteiger partial charge >= 0.3 is 13.6 Å². The smallest absolute Gasteiger partial charge is 0.333 e. The third kappa shape index (κ3) is 3.45. The number of ether oxygens (including phenoxy) is 1. The molecule has 1 aliphatic rings. The predicted molar refractivity (Wildman–Crippen MR) is 97.7 cm³/mol. The van der Waals surface area contributed by atoms with Crippen LogP contribution in [0.3, 0.4) is 0 Å². The second-order valence-corrected chi connectivity index (χ2v) is 7.38. The number of rotatable bonds is 5. The molecule has 3 rings (SSSR count). The van der Waals surface area contributed by atoms with Gasteiger partial charge in [0.25, 0.3) is 0 Å². The van der Waals surface area contributed by atoms with Crippen LogP contribution < -0.4 is 14.7 Å². The molecule has 2 aromatic rings. The third-order valence-corrected chi connectivity index (χ3v) is 5.90. The Kier molecular flexibility index (Phi) is 4.93. The van der Waals surface area contributed by atoms with Crippen molar-refractivity contribution < 1.29 is 18.6 Å². The Morgan fingerprint density at radius 2 is 1.76 bits per heavy atom. The number of hydrogen-bond donors (Lipinski definition) is 1. The molecule has 0 saturated heterocycles. The Labute approximate surface area is 146 Å². The monoisotopic (exact) mass is 358 g/mol. The van der Waals surface area contributed by atoms with Crippen molar-refractivity contribution in [3.05, 3.63) is 66.0 Å². The molecule has 130 valence electrons. The van der Waals surface area contributed by atoms with Crippen molar-refractivity contribution in [1.29, 1.82) is 0 Å². The molecule has 1 N–H and O–H groups in total. The summed E-state index contributed by atoms with van der Waals surface area (Å²) in [6.07, 6.45) is 0. The molecule has 1 unspecified atom stereocenters. The van der Waals surface area contributed by atoms with Crippen molar-refractivity contribution in [2.24, 2.45) is 0 Å². The topological polar surface area (TPSA) is 67.9 Å². The van der Waals surface area contributed by atoms with E-state index >= 15 is 0 Å². The van der Waals surface area contributed by atoms with Gasteiger partial charge in [-0.2, -0.15) is 0 Å². The van der Waals surface area contributed by atoms with E-state index in [-0.39, 0.29) is 6.61 Å². The largest absolute Gasteiger partial charge is 0.497 e. The molecule has 0 saturated carbocycles. The molecule has 0 spiro atoms. The minimum absolute atomic E-state index is 0.218. The lowest BCUT2D eigenvalue weighted by atomic mass is 10.2. The summed E-state index contributed by atoms with van der Waals surface area (Å²) in [5.74, 6) is 2.14. The van der Waals surface area contributed by atoms with Crippen LogP contribution in [0.1, 0.15) is 12.5 Å². The third-order valence-electron chi connectivity index (χ3n) is 3.72. The summed E-state index contributed by atoms with van der Waals surface area (Å²) < 4.78 is 25.3. The highest BCUT2D eigenvalue weighted by Crippen LogP contribution is 2.57. The fourth-order valence-corrected chi connectivity index (χ4v) is 4.57. The zero-order valence-corrected chi connectivity index (χ0v) is 14.9. The van der Waals surface area contributed by atoms with E-state index in [0.29, 0.717) is 17.1 Å². The number of anilines is 1. The number of benzene rings is 2. The van der Waals surface area contributed by atoms with E-state index in [0.717, 1.165) is 5.56 Å². The average Bonchev–Trinajstić information content (AvgIpc) is 2.62. The molecule has 1 atom stereocenters. The molecule has 0 fully saturated rings. The maximum Gasteiger partial charge on any atom is 0.333 e. The number of hydrogen-bond acceptors (Lipinski definition) is 4. The number of amides is 2. The van der Waals surface area contributed by atoms with Crippen LogP contribution in [0, 0.1) is 0 Å². The zero-order chi connectivity index (χ0) is 17.9. The number of carbonyl (C=O) groups excluding carboxylic acids is 1. The van der Waals surface area contributed by atoms with Crippen LogP contribution in [0.5, 0.6) is 5.75 Å². The second kappa shape index (κ2) is 7.13. The number of nitrogens with zero attached hydrogens (tertiary/aromatic N) is 1. The first-order valence-corrected chi connectivity index (χ1v) is 9.50. The van der Waals surface area contributed by atoms with Gasteiger partial charge in [0, 0.05) is 5.82 Å². The zero-order valence-electron chi connectivity index (χ0n) is 14.0. The Hall–Kier alpha value is -2.56. The Morgan fingerprint density at radius 1 is 1.08 bits per heavy atom. The summed E-state index contributed by atoms with van der Waals surface area (Å²) in [4.78, 5) is 12.7. The number of carbonyl (C=O) groups is 1. The molecule has 1 aliphatic heterocycles. The molecule has 0 aromatic heterocycles. The first-order chi connectivity index (χ1) is 12.1. The van der Waals surface area contributed by atoms with Gasteiger partial charge in [0.1, 0.15) is 5.75 Å². The second-order valence-electron chi connectivity index (χ2n) is 5.33. The van der Waals surface area contributed by atoms with Crippen LogP contribution in [-0.2, 0) is 9.09 Å². The summed E-state index contributed by atoms with van der Waals surface area (Å²) in [7, 11) is -1.97. The number of urea groups is 1. The van der Waals surface area contributed by atoms with Gasteiger partial charge in [-0.05, 0) is 36.8 Å². The van der Waals surface area contributed by atoms with Crippen molar-refractivity contribution in [2.45, 2.75) is 6.92 Å². The summed E-state index contributed by atoms with van der Waals surface area (Å²) >= 11 is 0. The van der Waals surface area contributed by atoms with Crippen LogP contribution in [-0.4, -0.2) is 19.7 Å². The molecular formula is C18H19N2O4P. The van der Waals surface area contributed by atoms with Crippen LogP contribution in [0.25, 0.3) is 5.70 Å². The van der Waals surface area contributed by atoms with Crippen molar-refractivity contribution in [1.82, 2.24) is 5.32 Å².